The van der Waals surface area contributed by atoms with Crippen molar-refractivity contribution in [3.05, 3.63) is 35.9 Å². The van der Waals surface area contributed by atoms with Gasteiger partial charge in [0, 0.05) is 11.3 Å². The second-order valence-corrected chi connectivity index (χ2v) is 6.57. The monoisotopic (exact) mass is 265 g/mol. The first kappa shape index (κ1) is 13.3. The van der Waals surface area contributed by atoms with Gasteiger partial charge in [0.1, 0.15) is 5.75 Å². The summed E-state index contributed by atoms with van der Waals surface area (Å²) in [6.45, 7) is 3.89. The lowest BCUT2D eigenvalue weighted by Crippen LogP contribution is -2.33. The number of allylic oxidation sites excluding steroid dienone is 1. The molecule has 0 spiro atoms. The fourth-order valence-corrected chi connectivity index (χ4v) is 2.87. The molecular formula is C14H19NO2S. The summed E-state index contributed by atoms with van der Waals surface area (Å²) < 4.78 is 15.0. The fourth-order valence-electron chi connectivity index (χ4n) is 2.07. The first-order valence-corrected chi connectivity index (χ1v) is 7.45. The van der Waals surface area contributed by atoms with Gasteiger partial charge in [-0.15, -0.1) is 0 Å². The Bertz CT molecular complexity index is 465. The number of benzene rings is 1. The maximum atomic E-state index is 11.9. The number of rotatable bonds is 4. The average molecular weight is 265 g/mol. The maximum absolute atomic E-state index is 11.9. The zero-order valence-corrected chi connectivity index (χ0v) is 11.5. The molecule has 1 aliphatic rings. The number of aromatic hydroxyl groups is 1. The van der Waals surface area contributed by atoms with Gasteiger partial charge in [-0.1, -0.05) is 18.2 Å². The Morgan fingerprint density at radius 1 is 1.33 bits per heavy atom. The van der Waals surface area contributed by atoms with Crippen molar-refractivity contribution in [2.45, 2.75) is 38.0 Å². The highest BCUT2D eigenvalue weighted by Crippen LogP contribution is 2.29. The Labute approximate surface area is 111 Å². The summed E-state index contributed by atoms with van der Waals surface area (Å²) in [5.74, 6) is 0.271. The van der Waals surface area contributed by atoms with Crippen LogP contribution in [0.5, 0.6) is 5.75 Å². The first-order chi connectivity index (χ1) is 8.58. The van der Waals surface area contributed by atoms with E-state index < -0.39 is 11.0 Å². The lowest BCUT2D eigenvalue weighted by atomic mass is 10.0. The number of hydrogen-bond acceptors (Lipinski definition) is 2. The highest BCUT2D eigenvalue weighted by atomic mass is 32.2. The number of hydrogen-bond donors (Lipinski definition) is 2. The lowest BCUT2D eigenvalue weighted by Gasteiger charge is -2.18. The molecule has 0 saturated heterocycles. The average Bonchev–Trinajstić information content (AvgIpc) is 2.78. The third kappa shape index (κ3) is 3.00. The van der Waals surface area contributed by atoms with Crippen LogP contribution in [0.25, 0.3) is 5.57 Å². The summed E-state index contributed by atoms with van der Waals surface area (Å²) in [5, 5.41) is 9.42. The summed E-state index contributed by atoms with van der Waals surface area (Å²) in [6, 6.07) is 7.33. The van der Waals surface area contributed by atoms with Gasteiger partial charge in [0.15, 0.2) is 0 Å². The van der Waals surface area contributed by atoms with E-state index >= 15 is 0 Å². The van der Waals surface area contributed by atoms with E-state index in [4.69, 9.17) is 0 Å². The molecule has 0 aliphatic heterocycles. The molecule has 18 heavy (non-hydrogen) atoms. The maximum Gasteiger partial charge on any atom is 0.115 e. The fraction of sp³-hybridized carbons (Fsp3) is 0.429. The van der Waals surface area contributed by atoms with E-state index in [0.717, 1.165) is 18.4 Å². The molecule has 2 atom stereocenters. The van der Waals surface area contributed by atoms with Crippen LogP contribution in [0, 0.1) is 0 Å². The minimum Gasteiger partial charge on any atom is -0.508 e. The van der Waals surface area contributed by atoms with E-state index in [1.807, 2.05) is 26.0 Å². The van der Waals surface area contributed by atoms with Gasteiger partial charge in [0.2, 0.25) is 0 Å². The van der Waals surface area contributed by atoms with E-state index in [2.05, 4.69) is 10.8 Å². The van der Waals surface area contributed by atoms with Gasteiger partial charge in [-0.2, -0.15) is 0 Å². The molecule has 0 fully saturated rings. The van der Waals surface area contributed by atoms with Gasteiger partial charge in [0.25, 0.3) is 0 Å². The third-order valence-corrected chi connectivity index (χ3v) is 4.46. The van der Waals surface area contributed by atoms with Crippen molar-refractivity contribution in [1.29, 1.82) is 0 Å². The smallest absolute Gasteiger partial charge is 0.115 e. The van der Waals surface area contributed by atoms with Crippen LogP contribution in [-0.4, -0.2) is 20.6 Å². The Morgan fingerprint density at radius 3 is 2.61 bits per heavy atom. The van der Waals surface area contributed by atoms with E-state index in [1.54, 1.807) is 12.1 Å². The molecule has 0 bridgehead atoms. The second-order valence-electron chi connectivity index (χ2n) is 4.80. The molecule has 98 valence electrons. The Balaban J connectivity index is 2.12. The zero-order valence-electron chi connectivity index (χ0n) is 10.7. The van der Waals surface area contributed by atoms with E-state index in [9.17, 15) is 9.32 Å². The van der Waals surface area contributed by atoms with Crippen LogP contribution in [0.15, 0.2) is 30.3 Å². The Kier molecular flexibility index (Phi) is 4.19. The molecule has 0 saturated carbocycles. The molecule has 2 rings (SSSR count). The summed E-state index contributed by atoms with van der Waals surface area (Å²) in [6.07, 6.45) is 4.17. The minimum atomic E-state index is -1.00. The topological polar surface area (TPSA) is 49.3 Å². The standard InChI is InChI=1S/C14H19NO2S/c1-10(2)18(17)15-14-5-3-4-13(14)11-6-8-12(16)9-7-11/h4,6-10,14-16H,3,5H2,1-2H3. The van der Waals surface area contributed by atoms with E-state index in [0.29, 0.717) is 0 Å². The summed E-state index contributed by atoms with van der Waals surface area (Å²) in [4.78, 5) is 0. The van der Waals surface area contributed by atoms with Gasteiger partial charge in [-0.05, 0) is 50.0 Å². The van der Waals surface area contributed by atoms with Crippen molar-refractivity contribution in [3.8, 4) is 5.75 Å². The highest BCUT2D eigenvalue weighted by Gasteiger charge is 2.22. The molecule has 2 unspecified atom stereocenters. The largest absolute Gasteiger partial charge is 0.508 e. The van der Waals surface area contributed by atoms with E-state index in [1.165, 1.54) is 5.57 Å². The van der Waals surface area contributed by atoms with Gasteiger partial charge < -0.3 is 5.11 Å². The van der Waals surface area contributed by atoms with Crippen LogP contribution < -0.4 is 4.72 Å². The summed E-state index contributed by atoms with van der Waals surface area (Å²) in [7, 11) is -1.00. The number of phenols is 1. The molecule has 1 aliphatic carbocycles. The number of phenolic OH excluding ortho intramolecular Hbond substituents is 1. The molecule has 0 radical (unpaired) electrons. The van der Waals surface area contributed by atoms with Crippen LogP contribution >= 0.6 is 0 Å². The van der Waals surface area contributed by atoms with Crippen LogP contribution in [0.1, 0.15) is 32.3 Å². The molecule has 2 N–H and O–H groups in total. The van der Waals surface area contributed by atoms with Gasteiger partial charge in [-0.25, -0.2) is 8.93 Å². The van der Waals surface area contributed by atoms with Crippen molar-refractivity contribution < 1.29 is 9.32 Å². The van der Waals surface area contributed by atoms with Crippen molar-refractivity contribution in [2.75, 3.05) is 0 Å². The van der Waals surface area contributed by atoms with Crippen molar-refractivity contribution in [1.82, 2.24) is 4.72 Å². The van der Waals surface area contributed by atoms with Gasteiger partial charge >= 0.3 is 0 Å². The molecule has 4 heteroatoms. The van der Waals surface area contributed by atoms with Crippen LogP contribution in [0.2, 0.25) is 0 Å². The Morgan fingerprint density at radius 2 is 2.00 bits per heavy atom. The second kappa shape index (κ2) is 5.67. The molecule has 0 amide bonds. The predicted octanol–water partition coefficient (Wildman–Crippen LogP) is 2.60. The van der Waals surface area contributed by atoms with Gasteiger partial charge in [-0.3, -0.25) is 0 Å². The zero-order chi connectivity index (χ0) is 13.1. The third-order valence-electron chi connectivity index (χ3n) is 3.08. The normalized spacial score (nSPS) is 21.1. The van der Waals surface area contributed by atoms with Crippen molar-refractivity contribution in [2.24, 2.45) is 0 Å². The first-order valence-electron chi connectivity index (χ1n) is 6.24. The Hall–Kier alpha value is -1.13. The van der Waals surface area contributed by atoms with Crippen molar-refractivity contribution >= 4 is 16.6 Å². The predicted molar refractivity (Wildman–Crippen MR) is 75.5 cm³/mol. The minimum absolute atomic E-state index is 0.117. The van der Waals surface area contributed by atoms with E-state index in [-0.39, 0.29) is 17.0 Å². The lowest BCUT2D eigenvalue weighted by molar-refractivity contribution is 0.475. The van der Waals surface area contributed by atoms with Crippen LogP contribution in [-0.2, 0) is 11.0 Å². The molecule has 0 heterocycles. The molecular weight excluding hydrogens is 246 g/mol. The highest BCUT2D eigenvalue weighted by molar-refractivity contribution is 7.83. The van der Waals surface area contributed by atoms with Crippen LogP contribution in [0.4, 0.5) is 0 Å². The van der Waals surface area contributed by atoms with Crippen LogP contribution in [0.3, 0.4) is 0 Å². The van der Waals surface area contributed by atoms with Gasteiger partial charge in [0.05, 0.1) is 11.0 Å². The summed E-state index contributed by atoms with van der Waals surface area (Å²) >= 11 is 0. The molecule has 0 aromatic heterocycles. The molecule has 3 nitrogen and oxygen atoms in total. The SMILES string of the molecule is CC(C)S(=O)NC1CCC=C1c1ccc(O)cc1. The molecule has 1 aromatic rings. The quantitative estimate of drug-likeness (QED) is 0.879. The summed E-state index contributed by atoms with van der Waals surface area (Å²) in [5.41, 5.74) is 2.27. The van der Waals surface area contributed by atoms with Crippen molar-refractivity contribution in [3.63, 3.8) is 0 Å². The molecule has 1 aromatic carbocycles. The number of nitrogens with one attached hydrogen (secondary N) is 1.